The molecule has 41 heavy (non-hydrogen) atoms. The zero-order valence-electron chi connectivity index (χ0n) is 22.6. The molecular formula is C32H29FN2O5S. The molecule has 1 atom stereocenters. The van der Waals surface area contributed by atoms with E-state index in [9.17, 15) is 22.4 Å². The number of nitrogens with one attached hydrogen (secondary N) is 1. The molecule has 7 nitrogen and oxygen atoms in total. The number of halogens is 1. The minimum absolute atomic E-state index is 0.0525. The van der Waals surface area contributed by atoms with Gasteiger partial charge in [0.15, 0.2) is 0 Å². The molecule has 4 aromatic rings. The summed E-state index contributed by atoms with van der Waals surface area (Å²) in [6.45, 7) is 1.99. The average Bonchev–Trinajstić information content (AvgIpc) is 3.37. The van der Waals surface area contributed by atoms with E-state index in [1.807, 2.05) is 12.1 Å². The highest BCUT2D eigenvalue weighted by atomic mass is 32.2. The Hall–Kier alpha value is -4.50. The normalized spacial score (nSPS) is 14.4. The Morgan fingerprint density at radius 3 is 2.32 bits per heavy atom. The minimum atomic E-state index is -4.10. The summed E-state index contributed by atoms with van der Waals surface area (Å²) in [5.41, 5.74) is 5.14. The summed E-state index contributed by atoms with van der Waals surface area (Å²) in [7, 11) is -2.76. The van der Waals surface area contributed by atoms with Crippen LogP contribution in [0.4, 0.5) is 10.1 Å². The number of para-hydroxylation sites is 1. The molecular weight excluding hydrogens is 543 g/mol. The molecule has 1 amide bonds. The lowest BCUT2D eigenvalue weighted by Crippen LogP contribution is -2.47. The third-order valence-corrected chi connectivity index (χ3v) is 9.04. The Morgan fingerprint density at radius 2 is 1.63 bits per heavy atom. The minimum Gasteiger partial charge on any atom is -0.469 e. The highest BCUT2D eigenvalue weighted by Gasteiger charge is 2.42. The molecule has 4 aromatic carbocycles. The first-order valence-corrected chi connectivity index (χ1v) is 14.5. The Bertz CT molecular complexity index is 1700. The number of aryl methyl sites for hydroxylation is 1. The summed E-state index contributed by atoms with van der Waals surface area (Å²) in [6, 6.07) is 24.2. The van der Waals surface area contributed by atoms with Gasteiger partial charge in [0.1, 0.15) is 11.9 Å². The van der Waals surface area contributed by atoms with Gasteiger partial charge in [0, 0.05) is 13.0 Å². The quantitative estimate of drug-likeness (QED) is 0.302. The predicted molar refractivity (Wildman–Crippen MR) is 154 cm³/mol. The third kappa shape index (κ3) is 5.85. The van der Waals surface area contributed by atoms with Crippen LogP contribution in [-0.4, -0.2) is 33.4 Å². The lowest BCUT2D eigenvalue weighted by atomic mass is 10.0. The van der Waals surface area contributed by atoms with Crippen molar-refractivity contribution in [2.24, 2.45) is 0 Å². The van der Waals surface area contributed by atoms with Gasteiger partial charge in [-0.2, -0.15) is 0 Å². The predicted octanol–water partition coefficient (Wildman–Crippen LogP) is 4.95. The van der Waals surface area contributed by atoms with Gasteiger partial charge in [-0.1, -0.05) is 60.7 Å². The zero-order valence-corrected chi connectivity index (χ0v) is 23.5. The van der Waals surface area contributed by atoms with Gasteiger partial charge >= 0.3 is 5.97 Å². The van der Waals surface area contributed by atoms with Gasteiger partial charge in [-0.15, -0.1) is 0 Å². The van der Waals surface area contributed by atoms with Crippen molar-refractivity contribution in [3.05, 3.63) is 119 Å². The van der Waals surface area contributed by atoms with Gasteiger partial charge in [0.05, 0.1) is 24.1 Å². The van der Waals surface area contributed by atoms with Crippen LogP contribution in [0.15, 0.2) is 95.9 Å². The molecule has 0 unspecified atom stereocenters. The van der Waals surface area contributed by atoms with Crippen molar-refractivity contribution in [1.29, 1.82) is 0 Å². The van der Waals surface area contributed by atoms with Crippen LogP contribution in [0.3, 0.4) is 0 Å². The van der Waals surface area contributed by atoms with E-state index in [2.05, 4.69) is 10.1 Å². The van der Waals surface area contributed by atoms with Crippen LogP contribution in [0.1, 0.15) is 22.3 Å². The van der Waals surface area contributed by atoms with E-state index >= 15 is 0 Å². The lowest BCUT2D eigenvalue weighted by Gasteiger charge is -2.26. The van der Waals surface area contributed by atoms with Crippen LogP contribution in [0.25, 0.3) is 11.1 Å². The second-order valence-electron chi connectivity index (χ2n) is 9.92. The SMILES string of the molecule is COC(=O)Cc1ccc(CNC(=O)[C@@H]2Cc3ccccc3N2S(=O)(=O)c2ccc(-c3ccc(F)cc3C)cc2)cc1. The van der Waals surface area contributed by atoms with Crippen molar-refractivity contribution in [1.82, 2.24) is 5.32 Å². The molecule has 9 heteroatoms. The van der Waals surface area contributed by atoms with E-state index in [0.717, 1.165) is 33.4 Å². The van der Waals surface area contributed by atoms with Gasteiger partial charge in [-0.05, 0) is 70.6 Å². The Balaban J connectivity index is 1.37. The standard InChI is InChI=1S/C32H29FN2O5S/c1-21-17-26(33)13-16-28(21)24-11-14-27(15-12-24)41(38,39)35-29-6-4-3-5-25(29)19-30(35)32(37)34-20-23-9-7-22(8-10-23)18-31(36)40-2/h3-17,30H,18-20H2,1-2H3,(H,34,37)/t30-/m0/s1. The van der Waals surface area contributed by atoms with E-state index in [4.69, 9.17) is 0 Å². The fraction of sp³-hybridized carbons (Fsp3) is 0.188. The molecule has 0 spiro atoms. The summed E-state index contributed by atoms with van der Waals surface area (Å²) >= 11 is 0. The zero-order chi connectivity index (χ0) is 29.1. The Labute approximate surface area is 238 Å². The molecule has 1 heterocycles. The highest BCUT2D eigenvalue weighted by Crippen LogP contribution is 2.37. The number of hydrogen-bond donors (Lipinski definition) is 1. The van der Waals surface area contributed by atoms with E-state index in [0.29, 0.717) is 5.69 Å². The lowest BCUT2D eigenvalue weighted by molar-refractivity contribution is -0.139. The molecule has 0 aliphatic carbocycles. The van der Waals surface area contributed by atoms with Gasteiger partial charge in [-0.3, -0.25) is 13.9 Å². The molecule has 0 fully saturated rings. The van der Waals surface area contributed by atoms with Crippen LogP contribution in [0, 0.1) is 12.7 Å². The molecule has 0 aromatic heterocycles. The summed E-state index contributed by atoms with van der Waals surface area (Å²) in [5, 5.41) is 2.87. The van der Waals surface area contributed by atoms with Crippen molar-refractivity contribution in [2.75, 3.05) is 11.4 Å². The number of rotatable bonds is 8. The third-order valence-electron chi connectivity index (χ3n) is 7.20. The number of amides is 1. The highest BCUT2D eigenvalue weighted by molar-refractivity contribution is 7.93. The summed E-state index contributed by atoms with van der Waals surface area (Å²) < 4.78 is 47.4. The van der Waals surface area contributed by atoms with Crippen LogP contribution in [-0.2, 0) is 43.7 Å². The molecule has 1 N–H and O–H groups in total. The number of carbonyl (C=O) groups excluding carboxylic acids is 2. The number of anilines is 1. The fourth-order valence-electron chi connectivity index (χ4n) is 5.05. The smallest absolute Gasteiger partial charge is 0.309 e. The van der Waals surface area contributed by atoms with E-state index < -0.39 is 22.0 Å². The second kappa shape index (κ2) is 11.5. The van der Waals surface area contributed by atoms with Crippen LogP contribution in [0.5, 0.6) is 0 Å². The molecule has 0 bridgehead atoms. The fourth-order valence-corrected chi connectivity index (χ4v) is 6.70. The number of carbonyl (C=O) groups is 2. The first kappa shape index (κ1) is 28.0. The van der Waals surface area contributed by atoms with Crippen molar-refractivity contribution in [2.45, 2.75) is 37.2 Å². The number of esters is 1. The van der Waals surface area contributed by atoms with Crippen molar-refractivity contribution in [3.63, 3.8) is 0 Å². The molecule has 0 saturated heterocycles. The molecule has 1 aliphatic heterocycles. The number of ether oxygens (including phenoxy) is 1. The Kier molecular flexibility index (Phi) is 7.90. The first-order chi connectivity index (χ1) is 19.7. The van der Waals surface area contributed by atoms with Crippen molar-refractivity contribution in [3.8, 4) is 11.1 Å². The molecule has 5 rings (SSSR count). The second-order valence-corrected chi connectivity index (χ2v) is 11.7. The molecule has 1 aliphatic rings. The van der Waals surface area contributed by atoms with Gasteiger partial charge < -0.3 is 10.1 Å². The number of sulfonamides is 1. The Morgan fingerprint density at radius 1 is 0.951 bits per heavy atom. The first-order valence-electron chi connectivity index (χ1n) is 13.1. The maximum Gasteiger partial charge on any atom is 0.309 e. The number of benzene rings is 4. The molecule has 210 valence electrons. The molecule has 0 saturated carbocycles. The number of hydrogen-bond acceptors (Lipinski definition) is 5. The maximum atomic E-state index is 14.0. The van der Waals surface area contributed by atoms with E-state index in [1.54, 1.807) is 61.5 Å². The summed E-state index contributed by atoms with van der Waals surface area (Å²) in [5.74, 6) is -1.09. The maximum absolute atomic E-state index is 14.0. The average molecular weight is 573 g/mol. The monoisotopic (exact) mass is 572 g/mol. The van der Waals surface area contributed by atoms with Crippen LogP contribution in [0.2, 0.25) is 0 Å². The van der Waals surface area contributed by atoms with Gasteiger partial charge in [0.25, 0.3) is 10.0 Å². The van der Waals surface area contributed by atoms with Gasteiger partial charge in [0.2, 0.25) is 5.91 Å². The number of nitrogens with zero attached hydrogens (tertiary/aromatic N) is 1. The van der Waals surface area contributed by atoms with Crippen LogP contribution >= 0.6 is 0 Å². The van der Waals surface area contributed by atoms with Gasteiger partial charge in [-0.25, -0.2) is 12.8 Å². The van der Waals surface area contributed by atoms with E-state index in [1.165, 1.54) is 35.7 Å². The number of fused-ring (bicyclic) bond motifs is 1. The van der Waals surface area contributed by atoms with Crippen molar-refractivity contribution >= 4 is 27.6 Å². The molecule has 0 radical (unpaired) electrons. The van der Waals surface area contributed by atoms with E-state index in [-0.39, 0.29) is 36.1 Å². The summed E-state index contributed by atoms with van der Waals surface area (Å²) in [6.07, 6.45) is 0.396. The van der Waals surface area contributed by atoms with Crippen molar-refractivity contribution < 1.29 is 27.1 Å². The summed E-state index contributed by atoms with van der Waals surface area (Å²) in [4.78, 5) is 25.0. The topological polar surface area (TPSA) is 92.8 Å². The number of methoxy groups -OCH3 is 1. The van der Waals surface area contributed by atoms with Crippen LogP contribution < -0.4 is 9.62 Å². The largest absolute Gasteiger partial charge is 0.469 e.